The van der Waals surface area contributed by atoms with E-state index in [1.807, 2.05) is 6.92 Å². The third kappa shape index (κ3) is 3.73. The Morgan fingerprint density at radius 1 is 1.26 bits per heavy atom. The van der Waals surface area contributed by atoms with Crippen LogP contribution in [0.25, 0.3) is 0 Å². The average Bonchev–Trinajstić information content (AvgIpc) is 2.38. The Bertz CT molecular complexity index is 541. The number of likely N-dealkylation sites (N-methyl/N-ethyl adjacent to an activating group) is 1. The van der Waals surface area contributed by atoms with Crippen LogP contribution in [0.15, 0.2) is 29.2 Å². The topological polar surface area (TPSA) is 54.5 Å². The van der Waals surface area contributed by atoms with Crippen molar-refractivity contribution in [2.75, 3.05) is 13.6 Å². The third-order valence-electron chi connectivity index (χ3n) is 2.74. The van der Waals surface area contributed by atoms with Crippen LogP contribution in [0.2, 0.25) is 0 Å². The summed E-state index contributed by atoms with van der Waals surface area (Å²) in [4.78, 5) is 12.7. The summed E-state index contributed by atoms with van der Waals surface area (Å²) in [6, 6.07) is 4.93. The Morgan fingerprint density at radius 2 is 1.79 bits per heavy atom. The second-order valence-electron chi connectivity index (χ2n) is 4.03. The van der Waals surface area contributed by atoms with Gasteiger partial charge in [0.15, 0.2) is 0 Å². The fourth-order valence-corrected chi connectivity index (χ4v) is 2.11. The van der Waals surface area contributed by atoms with Crippen molar-refractivity contribution in [3.63, 3.8) is 0 Å². The summed E-state index contributed by atoms with van der Waals surface area (Å²) in [5.41, 5.74) is 0.582. The third-order valence-corrected chi connectivity index (χ3v) is 4.14. The molecular weight excluding hydrogens is 276 g/mol. The monoisotopic (exact) mass is 291 g/mol. The summed E-state index contributed by atoms with van der Waals surface area (Å²) >= 11 is 0. The number of carbonyl (C=O) groups is 1. The van der Waals surface area contributed by atoms with Crippen molar-refractivity contribution in [1.29, 1.82) is 0 Å². The number of alkyl halides is 2. The van der Waals surface area contributed by atoms with E-state index in [2.05, 4.69) is 0 Å². The van der Waals surface area contributed by atoms with Crippen LogP contribution in [0.4, 0.5) is 8.78 Å². The zero-order chi connectivity index (χ0) is 14.6. The van der Waals surface area contributed by atoms with Crippen molar-refractivity contribution < 1.29 is 22.0 Å². The van der Waals surface area contributed by atoms with Crippen LogP contribution in [0, 0.1) is 0 Å². The van der Waals surface area contributed by atoms with Crippen LogP contribution < -0.4 is 0 Å². The zero-order valence-electron chi connectivity index (χ0n) is 10.6. The molecule has 0 N–H and O–H groups in total. The lowest BCUT2D eigenvalue weighted by atomic mass is 10.1. The molecule has 1 rings (SSSR count). The number of nitrogens with zero attached hydrogens (tertiary/aromatic N) is 1. The van der Waals surface area contributed by atoms with E-state index < -0.39 is 20.5 Å². The molecule has 0 aromatic heterocycles. The van der Waals surface area contributed by atoms with Gasteiger partial charge in [0.25, 0.3) is 0 Å². The molecule has 1 aromatic carbocycles. The molecular formula is C12H15F2NO3S. The Hall–Kier alpha value is -1.50. The van der Waals surface area contributed by atoms with Crippen molar-refractivity contribution in [3.8, 4) is 0 Å². The highest BCUT2D eigenvalue weighted by Crippen LogP contribution is 2.18. The first-order valence-corrected chi connectivity index (χ1v) is 7.18. The molecule has 4 nitrogen and oxygen atoms in total. The predicted molar refractivity (Wildman–Crippen MR) is 66.6 cm³/mol. The minimum absolute atomic E-state index is 0.110. The number of benzene rings is 1. The maximum Gasteiger partial charge on any atom is 0.341 e. The highest BCUT2D eigenvalue weighted by molar-refractivity contribution is 7.91. The predicted octanol–water partition coefficient (Wildman–Crippen LogP) is 1.70. The van der Waals surface area contributed by atoms with E-state index in [1.165, 1.54) is 17.0 Å². The van der Waals surface area contributed by atoms with Crippen LogP contribution in [0.1, 0.15) is 12.5 Å². The first kappa shape index (κ1) is 15.6. The van der Waals surface area contributed by atoms with Gasteiger partial charge in [-0.15, -0.1) is 0 Å². The Balaban J connectivity index is 2.86. The molecule has 0 unspecified atom stereocenters. The van der Waals surface area contributed by atoms with Gasteiger partial charge in [-0.25, -0.2) is 8.42 Å². The van der Waals surface area contributed by atoms with Gasteiger partial charge in [0.2, 0.25) is 15.7 Å². The number of sulfone groups is 1. The molecule has 0 fully saturated rings. The summed E-state index contributed by atoms with van der Waals surface area (Å²) in [5, 5.41) is 0. The fraction of sp³-hybridized carbons (Fsp3) is 0.417. The second kappa shape index (κ2) is 6.10. The van der Waals surface area contributed by atoms with Crippen LogP contribution >= 0.6 is 0 Å². The van der Waals surface area contributed by atoms with Gasteiger partial charge in [0.05, 0.1) is 11.3 Å². The summed E-state index contributed by atoms with van der Waals surface area (Å²) in [7, 11) is -2.92. The van der Waals surface area contributed by atoms with E-state index in [1.54, 1.807) is 7.05 Å². The SMILES string of the molecule is CCN(C)C(=O)Cc1ccc(S(=O)(=O)C(F)F)cc1. The maximum absolute atomic E-state index is 12.3. The van der Waals surface area contributed by atoms with Gasteiger partial charge in [-0.2, -0.15) is 8.78 Å². The number of hydrogen-bond acceptors (Lipinski definition) is 3. The van der Waals surface area contributed by atoms with E-state index in [9.17, 15) is 22.0 Å². The number of hydrogen-bond donors (Lipinski definition) is 0. The molecule has 0 aliphatic heterocycles. The minimum atomic E-state index is -4.57. The molecule has 0 saturated heterocycles. The molecule has 0 heterocycles. The molecule has 0 bridgehead atoms. The largest absolute Gasteiger partial charge is 0.346 e. The van der Waals surface area contributed by atoms with E-state index in [0.29, 0.717) is 12.1 Å². The van der Waals surface area contributed by atoms with E-state index in [-0.39, 0.29) is 12.3 Å². The van der Waals surface area contributed by atoms with Crippen LogP contribution in [0.5, 0.6) is 0 Å². The second-order valence-corrected chi connectivity index (χ2v) is 5.95. The standard InChI is InChI=1S/C12H15F2NO3S/c1-3-15(2)11(16)8-9-4-6-10(7-5-9)19(17,18)12(13)14/h4-7,12H,3,8H2,1-2H3. The average molecular weight is 291 g/mol. The highest BCUT2D eigenvalue weighted by Gasteiger charge is 2.26. The van der Waals surface area contributed by atoms with Gasteiger partial charge in [-0.3, -0.25) is 4.79 Å². The molecule has 0 saturated carbocycles. The van der Waals surface area contributed by atoms with Crippen LogP contribution in [-0.4, -0.2) is 38.6 Å². The lowest BCUT2D eigenvalue weighted by Gasteiger charge is -2.14. The molecule has 0 aliphatic carbocycles. The molecule has 0 spiro atoms. The summed E-state index contributed by atoms with van der Waals surface area (Å²) in [6.45, 7) is 2.40. The van der Waals surface area contributed by atoms with Crippen molar-refractivity contribution in [1.82, 2.24) is 4.90 Å². The first-order valence-electron chi connectivity index (χ1n) is 5.64. The minimum Gasteiger partial charge on any atom is -0.346 e. The quantitative estimate of drug-likeness (QED) is 0.830. The molecule has 0 aliphatic rings. The van der Waals surface area contributed by atoms with Crippen molar-refractivity contribution in [2.45, 2.75) is 24.0 Å². The molecule has 7 heteroatoms. The maximum atomic E-state index is 12.3. The molecule has 0 atom stereocenters. The van der Waals surface area contributed by atoms with E-state index >= 15 is 0 Å². The molecule has 1 aromatic rings. The van der Waals surface area contributed by atoms with Gasteiger partial charge in [-0.05, 0) is 24.6 Å². The molecule has 1 amide bonds. The lowest BCUT2D eigenvalue weighted by molar-refractivity contribution is -0.128. The van der Waals surface area contributed by atoms with Gasteiger partial charge >= 0.3 is 5.76 Å². The summed E-state index contributed by atoms with van der Waals surface area (Å²) < 4.78 is 47.0. The Kier molecular flexibility index (Phi) is 4.99. The Morgan fingerprint density at radius 3 is 2.21 bits per heavy atom. The van der Waals surface area contributed by atoms with Crippen LogP contribution in [0.3, 0.4) is 0 Å². The normalized spacial score (nSPS) is 11.6. The van der Waals surface area contributed by atoms with Gasteiger partial charge in [0, 0.05) is 13.6 Å². The molecule has 0 radical (unpaired) electrons. The smallest absolute Gasteiger partial charge is 0.341 e. The van der Waals surface area contributed by atoms with Gasteiger partial charge in [0.1, 0.15) is 0 Å². The van der Waals surface area contributed by atoms with E-state index in [0.717, 1.165) is 12.1 Å². The number of carbonyl (C=O) groups excluding carboxylic acids is 1. The summed E-state index contributed by atoms with van der Waals surface area (Å²) in [6.07, 6.45) is 0.110. The van der Waals surface area contributed by atoms with Gasteiger partial charge < -0.3 is 4.90 Å². The van der Waals surface area contributed by atoms with Crippen molar-refractivity contribution >= 4 is 15.7 Å². The van der Waals surface area contributed by atoms with E-state index in [4.69, 9.17) is 0 Å². The fourth-order valence-electron chi connectivity index (χ4n) is 1.39. The number of halogens is 2. The van der Waals surface area contributed by atoms with Crippen molar-refractivity contribution in [3.05, 3.63) is 29.8 Å². The highest BCUT2D eigenvalue weighted by atomic mass is 32.2. The summed E-state index contributed by atoms with van der Waals surface area (Å²) in [5.74, 6) is -3.56. The Labute approximate surface area is 110 Å². The first-order chi connectivity index (χ1) is 8.78. The molecule has 106 valence electrons. The van der Waals surface area contributed by atoms with Crippen molar-refractivity contribution in [2.24, 2.45) is 0 Å². The number of rotatable bonds is 5. The zero-order valence-corrected chi connectivity index (χ0v) is 11.5. The number of amides is 1. The lowest BCUT2D eigenvalue weighted by Crippen LogP contribution is -2.27. The van der Waals surface area contributed by atoms with Crippen LogP contribution in [-0.2, 0) is 21.1 Å². The molecule has 19 heavy (non-hydrogen) atoms. The van der Waals surface area contributed by atoms with Gasteiger partial charge in [-0.1, -0.05) is 12.1 Å².